The number of piperidine rings is 1. The summed E-state index contributed by atoms with van der Waals surface area (Å²) in [6.07, 6.45) is 7.53. The largest absolute Gasteiger partial charge is 0.490 e. The molecule has 2 unspecified atom stereocenters. The lowest BCUT2D eigenvalue weighted by atomic mass is 9.93. The Hall–Kier alpha value is -2.04. The molecule has 1 aromatic rings. The van der Waals surface area contributed by atoms with Crippen molar-refractivity contribution in [2.45, 2.75) is 70.4 Å². The third-order valence-electron chi connectivity index (χ3n) is 5.68. The maximum Gasteiger partial charge on any atom is 0.308 e. The van der Waals surface area contributed by atoms with E-state index in [2.05, 4.69) is 0 Å². The van der Waals surface area contributed by atoms with E-state index in [4.69, 9.17) is 4.74 Å². The quantitative estimate of drug-likeness (QED) is 0.842. The second-order valence-electron chi connectivity index (χ2n) is 7.68. The molecule has 1 saturated carbocycles. The van der Waals surface area contributed by atoms with Crippen molar-refractivity contribution < 1.29 is 19.4 Å². The molecule has 0 aromatic heterocycles. The molecule has 1 aromatic carbocycles. The van der Waals surface area contributed by atoms with E-state index >= 15 is 0 Å². The lowest BCUT2D eigenvalue weighted by Crippen LogP contribution is -2.47. The summed E-state index contributed by atoms with van der Waals surface area (Å²) in [5.41, 5.74) is 1.09. The van der Waals surface area contributed by atoms with Crippen molar-refractivity contribution in [3.05, 3.63) is 29.8 Å². The Balaban J connectivity index is 1.54. The van der Waals surface area contributed by atoms with E-state index in [-0.39, 0.29) is 11.9 Å². The highest BCUT2D eigenvalue weighted by Gasteiger charge is 2.32. The van der Waals surface area contributed by atoms with Crippen molar-refractivity contribution in [1.82, 2.24) is 4.90 Å². The zero-order valence-corrected chi connectivity index (χ0v) is 15.5. The number of aliphatic carboxylic acids is 1. The van der Waals surface area contributed by atoms with Gasteiger partial charge in [-0.05, 0) is 69.6 Å². The van der Waals surface area contributed by atoms with Crippen molar-refractivity contribution in [1.29, 1.82) is 0 Å². The van der Waals surface area contributed by atoms with E-state index in [1.54, 1.807) is 4.90 Å². The summed E-state index contributed by atoms with van der Waals surface area (Å²) in [6, 6.07) is 8.14. The van der Waals surface area contributed by atoms with Crippen LogP contribution in [0.25, 0.3) is 0 Å². The van der Waals surface area contributed by atoms with Crippen LogP contribution in [0.3, 0.4) is 0 Å². The number of ether oxygens (including phenoxy) is 1. The molecule has 0 bridgehead atoms. The molecule has 0 spiro atoms. The molecular weight excluding hydrogens is 330 g/mol. The summed E-state index contributed by atoms with van der Waals surface area (Å²) in [4.78, 5) is 25.6. The lowest BCUT2D eigenvalue weighted by Gasteiger charge is -2.36. The number of hydrogen-bond donors (Lipinski definition) is 1. The van der Waals surface area contributed by atoms with Crippen molar-refractivity contribution in [3.8, 4) is 5.75 Å². The van der Waals surface area contributed by atoms with Gasteiger partial charge in [-0.2, -0.15) is 0 Å². The van der Waals surface area contributed by atoms with Gasteiger partial charge in [-0.25, -0.2) is 0 Å². The monoisotopic (exact) mass is 359 g/mol. The highest BCUT2D eigenvalue weighted by Crippen LogP contribution is 2.26. The van der Waals surface area contributed by atoms with Gasteiger partial charge in [0.25, 0.3) is 0 Å². The predicted octanol–water partition coefficient (Wildman–Crippen LogP) is 3.65. The highest BCUT2D eigenvalue weighted by atomic mass is 16.5. The van der Waals surface area contributed by atoms with E-state index in [0.29, 0.717) is 31.9 Å². The second-order valence-corrected chi connectivity index (χ2v) is 7.68. The second kappa shape index (κ2) is 8.56. The van der Waals surface area contributed by atoms with Crippen LogP contribution in [0.15, 0.2) is 24.3 Å². The Labute approximate surface area is 155 Å². The van der Waals surface area contributed by atoms with Gasteiger partial charge in [-0.3, -0.25) is 9.59 Å². The van der Waals surface area contributed by atoms with Crippen molar-refractivity contribution in [3.63, 3.8) is 0 Å². The number of carbonyl (C=O) groups excluding carboxylic acids is 1. The molecule has 2 fully saturated rings. The van der Waals surface area contributed by atoms with Gasteiger partial charge in [0, 0.05) is 19.0 Å². The molecule has 5 nitrogen and oxygen atoms in total. The number of nitrogens with zero attached hydrogens (tertiary/aromatic N) is 1. The van der Waals surface area contributed by atoms with Gasteiger partial charge >= 0.3 is 5.97 Å². The summed E-state index contributed by atoms with van der Waals surface area (Å²) in [5.74, 6) is -0.297. The number of rotatable bonds is 6. The number of aryl methyl sites for hydroxylation is 1. The molecule has 3 rings (SSSR count). The van der Waals surface area contributed by atoms with Crippen molar-refractivity contribution in [2.24, 2.45) is 5.92 Å². The van der Waals surface area contributed by atoms with Gasteiger partial charge in [0.1, 0.15) is 5.75 Å². The Morgan fingerprint density at radius 3 is 2.69 bits per heavy atom. The van der Waals surface area contributed by atoms with Crippen LogP contribution in [0.4, 0.5) is 0 Å². The number of amides is 1. The predicted molar refractivity (Wildman–Crippen MR) is 99.2 cm³/mol. The summed E-state index contributed by atoms with van der Waals surface area (Å²) < 4.78 is 6.04. The molecule has 142 valence electrons. The Morgan fingerprint density at radius 2 is 1.96 bits per heavy atom. The normalized spacial score (nSPS) is 23.8. The molecule has 1 aliphatic heterocycles. The van der Waals surface area contributed by atoms with Crippen LogP contribution >= 0.6 is 0 Å². The van der Waals surface area contributed by atoms with E-state index in [9.17, 15) is 14.7 Å². The zero-order chi connectivity index (χ0) is 18.5. The van der Waals surface area contributed by atoms with Crippen molar-refractivity contribution >= 4 is 11.9 Å². The number of benzene rings is 1. The number of likely N-dealkylation sites (tertiary alicyclic amines) is 1. The summed E-state index contributed by atoms with van der Waals surface area (Å²) in [6.45, 7) is 2.34. The van der Waals surface area contributed by atoms with Crippen molar-refractivity contribution in [2.75, 3.05) is 6.54 Å². The van der Waals surface area contributed by atoms with Crippen LogP contribution in [0, 0.1) is 5.92 Å². The van der Waals surface area contributed by atoms with Gasteiger partial charge in [-0.1, -0.05) is 12.1 Å². The zero-order valence-electron chi connectivity index (χ0n) is 15.5. The Morgan fingerprint density at radius 1 is 1.19 bits per heavy atom. The average Bonchev–Trinajstić information content (AvgIpc) is 3.13. The lowest BCUT2D eigenvalue weighted by molar-refractivity contribution is -0.147. The first-order valence-electron chi connectivity index (χ1n) is 9.81. The third kappa shape index (κ3) is 4.77. The molecule has 1 amide bonds. The van der Waals surface area contributed by atoms with Gasteiger partial charge in [0.2, 0.25) is 5.91 Å². The Bertz CT molecular complexity index is 639. The summed E-state index contributed by atoms with van der Waals surface area (Å²) in [5, 5.41) is 9.23. The first-order chi connectivity index (χ1) is 12.5. The minimum atomic E-state index is -0.800. The van der Waals surface area contributed by atoms with Gasteiger partial charge < -0.3 is 14.7 Å². The minimum Gasteiger partial charge on any atom is -0.490 e. The van der Waals surface area contributed by atoms with E-state index in [0.717, 1.165) is 30.6 Å². The number of carbonyl (C=O) groups is 2. The molecule has 26 heavy (non-hydrogen) atoms. The number of hydrogen-bond acceptors (Lipinski definition) is 3. The molecule has 2 atom stereocenters. The average molecular weight is 359 g/mol. The first kappa shape index (κ1) is 18.7. The molecule has 1 N–H and O–H groups in total. The SMILES string of the molecule is CC1CCC(C(=O)O)CN1C(=O)CCc1cccc(OC2CCCC2)c1. The molecule has 5 heteroatoms. The smallest absolute Gasteiger partial charge is 0.308 e. The molecular formula is C21H29NO4. The van der Waals surface area contributed by atoms with Crippen LogP contribution in [0.2, 0.25) is 0 Å². The maximum atomic E-state index is 12.6. The molecule has 2 aliphatic rings. The van der Waals surface area contributed by atoms with Gasteiger partial charge in [0.15, 0.2) is 0 Å². The number of carboxylic acids is 1. The fourth-order valence-electron chi connectivity index (χ4n) is 4.02. The Kier molecular flexibility index (Phi) is 6.17. The summed E-state index contributed by atoms with van der Waals surface area (Å²) in [7, 11) is 0. The summed E-state index contributed by atoms with van der Waals surface area (Å²) >= 11 is 0. The van der Waals surface area contributed by atoms with Crippen LogP contribution < -0.4 is 4.74 Å². The van der Waals surface area contributed by atoms with Gasteiger partial charge in [0.05, 0.1) is 12.0 Å². The van der Waals surface area contributed by atoms with E-state index < -0.39 is 11.9 Å². The van der Waals surface area contributed by atoms with Crippen LogP contribution in [-0.4, -0.2) is 40.6 Å². The first-order valence-corrected chi connectivity index (χ1v) is 9.81. The number of carboxylic acid groups (broad SMARTS) is 1. The maximum absolute atomic E-state index is 12.6. The van der Waals surface area contributed by atoms with E-state index in [1.165, 1.54) is 12.8 Å². The molecule has 1 heterocycles. The van der Waals surface area contributed by atoms with E-state index in [1.807, 2.05) is 31.2 Å². The molecule has 0 radical (unpaired) electrons. The fourth-order valence-corrected chi connectivity index (χ4v) is 4.02. The standard InChI is InChI=1S/C21H29NO4/c1-15-9-11-17(21(24)25)14-22(15)20(23)12-10-16-5-4-8-19(13-16)26-18-6-2-3-7-18/h4-5,8,13,15,17-18H,2-3,6-7,9-12,14H2,1H3,(H,24,25). The van der Waals surface area contributed by atoms with Crippen LogP contribution in [0.5, 0.6) is 5.75 Å². The van der Waals surface area contributed by atoms with Crippen LogP contribution in [0.1, 0.15) is 57.4 Å². The fraction of sp³-hybridized carbons (Fsp3) is 0.619. The van der Waals surface area contributed by atoms with Crippen LogP contribution in [-0.2, 0) is 16.0 Å². The minimum absolute atomic E-state index is 0.0468. The topological polar surface area (TPSA) is 66.8 Å². The highest BCUT2D eigenvalue weighted by molar-refractivity contribution is 5.78. The van der Waals surface area contributed by atoms with Gasteiger partial charge in [-0.15, -0.1) is 0 Å². The molecule has 1 aliphatic carbocycles. The third-order valence-corrected chi connectivity index (χ3v) is 5.68. The molecule has 1 saturated heterocycles.